The van der Waals surface area contributed by atoms with Crippen LogP contribution in [0, 0.1) is 6.92 Å². The van der Waals surface area contributed by atoms with Gasteiger partial charge >= 0.3 is 0 Å². The molecule has 0 fully saturated rings. The minimum absolute atomic E-state index is 0.00291. The van der Waals surface area contributed by atoms with Gasteiger partial charge in [0.1, 0.15) is 0 Å². The lowest BCUT2D eigenvalue weighted by molar-refractivity contribution is -0.645. The van der Waals surface area contributed by atoms with E-state index in [9.17, 15) is 4.79 Å². The van der Waals surface area contributed by atoms with Crippen LogP contribution >= 0.6 is 15.9 Å². The first-order valence-electron chi connectivity index (χ1n) is 5.50. The van der Waals surface area contributed by atoms with Gasteiger partial charge in [0.15, 0.2) is 6.54 Å². The van der Waals surface area contributed by atoms with E-state index < -0.39 is 0 Å². The third-order valence-electron chi connectivity index (χ3n) is 2.31. The van der Waals surface area contributed by atoms with Crippen LogP contribution in [0.25, 0.3) is 0 Å². The zero-order valence-electron chi connectivity index (χ0n) is 10.1. The Kier molecular flexibility index (Phi) is 6.18. The Morgan fingerprint density at radius 3 is 2.94 bits per heavy atom. The van der Waals surface area contributed by atoms with Crippen LogP contribution in [0.3, 0.4) is 0 Å². The van der Waals surface area contributed by atoms with Crippen LogP contribution in [0.2, 0.25) is 0 Å². The number of hydrogen-bond acceptors (Lipinski definition) is 2. The van der Waals surface area contributed by atoms with Gasteiger partial charge in [-0.3, -0.25) is 4.79 Å². The number of carbonyl (C=O) groups excluding carboxylic acids is 1. The first-order chi connectivity index (χ1) is 8.13. The van der Waals surface area contributed by atoms with Crippen LogP contribution in [0.1, 0.15) is 5.56 Å². The second-order valence-electron chi connectivity index (χ2n) is 3.79. The van der Waals surface area contributed by atoms with Gasteiger partial charge in [-0.05, 0) is 24.6 Å². The summed E-state index contributed by atoms with van der Waals surface area (Å²) in [5.74, 6) is -0.00291. The SMILES string of the molecule is COCC[NH2+]CC(=O)Nc1ccc(C)c(Br)c1. The van der Waals surface area contributed by atoms with Crippen molar-refractivity contribution in [2.45, 2.75) is 6.92 Å². The van der Waals surface area contributed by atoms with E-state index in [2.05, 4.69) is 21.2 Å². The number of nitrogens with one attached hydrogen (secondary N) is 1. The highest BCUT2D eigenvalue weighted by molar-refractivity contribution is 9.10. The van der Waals surface area contributed by atoms with Crippen molar-refractivity contribution >= 4 is 27.5 Å². The average molecular weight is 302 g/mol. The molecule has 0 aliphatic heterocycles. The molecule has 1 rings (SSSR count). The number of halogens is 1. The highest BCUT2D eigenvalue weighted by Gasteiger charge is 2.05. The van der Waals surface area contributed by atoms with Gasteiger partial charge in [-0.2, -0.15) is 0 Å². The monoisotopic (exact) mass is 301 g/mol. The molecule has 1 aromatic carbocycles. The number of nitrogens with two attached hydrogens (primary N) is 1. The van der Waals surface area contributed by atoms with E-state index in [0.717, 1.165) is 22.3 Å². The molecule has 0 saturated heterocycles. The lowest BCUT2D eigenvalue weighted by Gasteiger charge is -2.06. The molecule has 94 valence electrons. The summed E-state index contributed by atoms with van der Waals surface area (Å²) in [6.45, 7) is 3.87. The largest absolute Gasteiger partial charge is 0.379 e. The normalized spacial score (nSPS) is 10.3. The number of anilines is 1. The summed E-state index contributed by atoms with van der Waals surface area (Å²) in [6, 6.07) is 5.77. The number of rotatable bonds is 6. The van der Waals surface area contributed by atoms with E-state index in [-0.39, 0.29) is 5.91 Å². The molecule has 0 heterocycles. The highest BCUT2D eigenvalue weighted by Crippen LogP contribution is 2.20. The molecule has 0 aliphatic rings. The van der Waals surface area contributed by atoms with Crippen LogP contribution in [-0.2, 0) is 9.53 Å². The first-order valence-corrected chi connectivity index (χ1v) is 6.29. The number of carbonyl (C=O) groups is 1. The quantitative estimate of drug-likeness (QED) is 0.767. The molecule has 0 aromatic heterocycles. The summed E-state index contributed by atoms with van der Waals surface area (Å²) in [5, 5.41) is 4.76. The Hall–Kier alpha value is -0.910. The van der Waals surface area contributed by atoms with E-state index in [1.54, 1.807) is 7.11 Å². The standard InChI is InChI=1S/C12H17BrN2O2/c1-9-3-4-10(7-11(9)13)15-12(16)8-14-5-6-17-2/h3-4,7,14H,5-6,8H2,1-2H3,(H,15,16)/p+1. The Morgan fingerprint density at radius 2 is 2.29 bits per heavy atom. The van der Waals surface area contributed by atoms with Crippen molar-refractivity contribution in [2.24, 2.45) is 0 Å². The fraction of sp³-hybridized carbons (Fsp3) is 0.417. The van der Waals surface area contributed by atoms with Gasteiger partial charge in [-0.1, -0.05) is 22.0 Å². The number of hydrogen-bond donors (Lipinski definition) is 2. The van der Waals surface area contributed by atoms with E-state index in [1.807, 2.05) is 30.4 Å². The van der Waals surface area contributed by atoms with Gasteiger partial charge in [0.2, 0.25) is 0 Å². The van der Waals surface area contributed by atoms with Crippen molar-refractivity contribution in [1.82, 2.24) is 0 Å². The van der Waals surface area contributed by atoms with Crippen LogP contribution in [-0.4, -0.2) is 32.7 Å². The fourth-order valence-corrected chi connectivity index (χ4v) is 1.70. The summed E-state index contributed by atoms with van der Waals surface area (Å²) in [6.07, 6.45) is 0. The predicted octanol–water partition coefficient (Wildman–Crippen LogP) is 0.906. The molecule has 0 atom stereocenters. The van der Waals surface area contributed by atoms with Crippen molar-refractivity contribution < 1.29 is 14.8 Å². The molecule has 0 unspecified atom stereocenters. The Morgan fingerprint density at radius 1 is 1.53 bits per heavy atom. The molecule has 5 heteroatoms. The third-order valence-corrected chi connectivity index (χ3v) is 3.17. The second-order valence-corrected chi connectivity index (χ2v) is 4.64. The maximum atomic E-state index is 11.6. The summed E-state index contributed by atoms with van der Waals surface area (Å²) >= 11 is 3.43. The number of benzene rings is 1. The van der Waals surface area contributed by atoms with Crippen LogP contribution < -0.4 is 10.6 Å². The van der Waals surface area contributed by atoms with Crippen molar-refractivity contribution in [3.05, 3.63) is 28.2 Å². The third kappa shape index (κ3) is 5.30. The minimum atomic E-state index is -0.00291. The fourth-order valence-electron chi connectivity index (χ4n) is 1.32. The first kappa shape index (κ1) is 14.2. The number of quaternary nitrogens is 1. The van der Waals surface area contributed by atoms with Crippen molar-refractivity contribution in [3.8, 4) is 0 Å². The highest BCUT2D eigenvalue weighted by atomic mass is 79.9. The van der Waals surface area contributed by atoms with Crippen LogP contribution in [0.4, 0.5) is 5.69 Å². The van der Waals surface area contributed by atoms with Gasteiger partial charge in [0.25, 0.3) is 5.91 Å². The maximum absolute atomic E-state index is 11.6. The van der Waals surface area contributed by atoms with Crippen molar-refractivity contribution in [2.75, 3.05) is 32.1 Å². The molecule has 1 amide bonds. The lowest BCUT2D eigenvalue weighted by atomic mass is 10.2. The van der Waals surface area contributed by atoms with Gasteiger partial charge in [0.05, 0.1) is 13.2 Å². The molecule has 0 saturated carbocycles. The molecule has 0 spiro atoms. The number of amides is 1. The van der Waals surface area contributed by atoms with E-state index in [0.29, 0.717) is 13.2 Å². The van der Waals surface area contributed by atoms with E-state index in [1.165, 1.54) is 0 Å². The summed E-state index contributed by atoms with van der Waals surface area (Å²) in [7, 11) is 1.65. The smallest absolute Gasteiger partial charge is 0.279 e. The van der Waals surface area contributed by atoms with Crippen LogP contribution in [0.5, 0.6) is 0 Å². The van der Waals surface area contributed by atoms with Gasteiger partial charge in [0, 0.05) is 17.3 Å². The lowest BCUT2D eigenvalue weighted by Crippen LogP contribution is -2.87. The van der Waals surface area contributed by atoms with E-state index >= 15 is 0 Å². The summed E-state index contributed by atoms with van der Waals surface area (Å²) in [5.41, 5.74) is 1.96. The second kappa shape index (κ2) is 7.42. The Balaban J connectivity index is 2.37. The molecule has 3 N–H and O–H groups in total. The molecular weight excluding hydrogens is 284 g/mol. The summed E-state index contributed by atoms with van der Waals surface area (Å²) < 4.78 is 5.90. The molecule has 4 nitrogen and oxygen atoms in total. The Bertz CT molecular complexity index is 383. The molecule has 0 bridgehead atoms. The van der Waals surface area contributed by atoms with Gasteiger partial charge < -0.3 is 15.4 Å². The minimum Gasteiger partial charge on any atom is -0.379 e. The predicted molar refractivity (Wildman–Crippen MR) is 71.0 cm³/mol. The molecule has 1 aromatic rings. The maximum Gasteiger partial charge on any atom is 0.279 e. The summed E-state index contributed by atoms with van der Waals surface area (Å²) in [4.78, 5) is 11.6. The van der Waals surface area contributed by atoms with Gasteiger partial charge in [-0.25, -0.2) is 0 Å². The van der Waals surface area contributed by atoms with Crippen LogP contribution in [0.15, 0.2) is 22.7 Å². The number of methoxy groups -OCH3 is 1. The van der Waals surface area contributed by atoms with Crippen molar-refractivity contribution in [1.29, 1.82) is 0 Å². The van der Waals surface area contributed by atoms with Gasteiger partial charge in [-0.15, -0.1) is 0 Å². The zero-order valence-corrected chi connectivity index (χ0v) is 11.7. The topological polar surface area (TPSA) is 54.9 Å². The number of ether oxygens (including phenoxy) is 1. The average Bonchev–Trinajstić information content (AvgIpc) is 2.30. The molecule has 0 aliphatic carbocycles. The molecule has 17 heavy (non-hydrogen) atoms. The molecular formula is C12H18BrN2O2+. The Labute approximate surface area is 110 Å². The van der Waals surface area contributed by atoms with E-state index in [4.69, 9.17) is 4.74 Å². The number of aryl methyl sites for hydroxylation is 1. The zero-order chi connectivity index (χ0) is 12.7. The molecule has 0 radical (unpaired) electrons. The van der Waals surface area contributed by atoms with Crippen molar-refractivity contribution in [3.63, 3.8) is 0 Å².